The lowest BCUT2D eigenvalue weighted by Crippen LogP contribution is -2.31. The molecule has 2 heterocycles. The van der Waals surface area contributed by atoms with Crippen molar-refractivity contribution in [3.63, 3.8) is 0 Å². The van der Waals surface area contributed by atoms with E-state index < -0.39 is 0 Å². The molecule has 1 aromatic rings. The summed E-state index contributed by atoms with van der Waals surface area (Å²) < 4.78 is 0. The Morgan fingerprint density at radius 3 is 3.00 bits per heavy atom. The van der Waals surface area contributed by atoms with Crippen molar-refractivity contribution in [2.45, 2.75) is 32.2 Å². The van der Waals surface area contributed by atoms with E-state index in [4.69, 9.17) is 0 Å². The standard InChI is InChI=1S/C13H22N4/c1-10-7-12(16-13(15-10)8-14-2)11-5-4-6-17(3)9-11/h7,11,14H,4-6,8-9H2,1-3H3. The molecule has 0 aliphatic carbocycles. The fourth-order valence-electron chi connectivity index (χ4n) is 2.51. The van der Waals surface area contributed by atoms with Crippen molar-refractivity contribution in [2.24, 2.45) is 0 Å². The van der Waals surface area contributed by atoms with Gasteiger partial charge in [0.2, 0.25) is 0 Å². The molecule has 4 nitrogen and oxygen atoms in total. The highest BCUT2D eigenvalue weighted by Gasteiger charge is 2.20. The molecule has 0 radical (unpaired) electrons. The highest BCUT2D eigenvalue weighted by Crippen LogP contribution is 2.25. The topological polar surface area (TPSA) is 41.1 Å². The maximum atomic E-state index is 4.68. The number of nitrogens with zero attached hydrogens (tertiary/aromatic N) is 3. The average Bonchev–Trinajstić information content (AvgIpc) is 2.28. The maximum absolute atomic E-state index is 4.68. The third kappa shape index (κ3) is 3.23. The van der Waals surface area contributed by atoms with Gasteiger partial charge in [0.05, 0.1) is 6.54 Å². The Morgan fingerprint density at radius 1 is 1.47 bits per heavy atom. The number of aromatic nitrogens is 2. The van der Waals surface area contributed by atoms with Crippen molar-refractivity contribution in [3.05, 3.63) is 23.3 Å². The van der Waals surface area contributed by atoms with Crippen LogP contribution in [0.15, 0.2) is 6.07 Å². The quantitative estimate of drug-likeness (QED) is 0.856. The molecule has 1 aliphatic rings. The molecule has 1 saturated heterocycles. The lowest BCUT2D eigenvalue weighted by molar-refractivity contribution is 0.248. The van der Waals surface area contributed by atoms with Crippen molar-refractivity contribution in [3.8, 4) is 0 Å². The van der Waals surface area contributed by atoms with Crippen LogP contribution in [0.2, 0.25) is 0 Å². The molecule has 0 bridgehead atoms. The summed E-state index contributed by atoms with van der Waals surface area (Å²) >= 11 is 0. The van der Waals surface area contributed by atoms with Crippen LogP contribution >= 0.6 is 0 Å². The van der Waals surface area contributed by atoms with Gasteiger partial charge in [-0.15, -0.1) is 0 Å². The summed E-state index contributed by atoms with van der Waals surface area (Å²) in [6, 6.07) is 2.14. The minimum Gasteiger partial charge on any atom is -0.313 e. The number of piperidine rings is 1. The van der Waals surface area contributed by atoms with Gasteiger partial charge < -0.3 is 10.2 Å². The Balaban J connectivity index is 2.18. The molecule has 2 rings (SSSR count). The Labute approximate surface area is 103 Å². The van der Waals surface area contributed by atoms with Crippen molar-refractivity contribution in [2.75, 3.05) is 27.2 Å². The zero-order valence-corrected chi connectivity index (χ0v) is 11.0. The summed E-state index contributed by atoms with van der Waals surface area (Å²) in [5.74, 6) is 1.49. The molecule has 17 heavy (non-hydrogen) atoms. The van der Waals surface area contributed by atoms with Gasteiger partial charge in [0, 0.05) is 23.9 Å². The number of aryl methyl sites for hydroxylation is 1. The predicted octanol–water partition coefficient (Wildman–Crippen LogP) is 1.31. The monoisotopic (exact) mass is 234 g/mol. The van der Waals surface area contributed by atoms with Gasteiger partial charge in [-0.25, -0.2) is 9.97 Å². The van der Waals surface area contributed by atoms with Crippen LogP contribution in [0, 0.1) is 6.92 Å². The van der Waals surface area contributed by atoms with E-state index in [-0.39, 0.29) is 0 Å². The van der Waals surface area contributed by atoms with Gasteiger partial charge >= 0.3 is 0 Å². The summed E-state index contributed by atoms with van der Waals surface area (Å²) in [5, 5.41) is 3.11. The van der Waals surface area contributed by atoms with Gasteiger partial charge in [0.15, 0.2) is 0 Å². The number of hydrogen-bond donors (Lipinski definition) is 1. The first-order valence-electron chi connectivity index (χ1n) is 6.36. The number of rotatable bonds is 3. The van der Waals surface area contributed by atoms with Crippen LogP contribution in [0.1, 0.15) is 36.0 Å². The van der Waals surface area contributed by atoms with Gasteiger partial charge in [-0.3, -0.25) is 0 Å². The molecule has 1 atom stereocenters. The number of likely N-dealkylation sites (N-methyl/N-ethyl adjacent to an activating group) is 1. The normalized spacial score (nSPS) is 21.7. The van der Waals surface area contributed by atoms with Crippen molar-refractivity contribution in [1.82, 2.24) is 20.2 Å². The molecule has 0 spiro atoms. The van der Waals surface area contributed by atoms with E-state index in [1.807, 2.05) is 7.05 Å². The van der Waals surface area contributed by atoms with E-state index in [0.29, 0.717) is 5.92 Å². The van der Waals surface area contributed by atoms with E-state index in [1.54, 1.807) is 0 Å². The lowest BCUT2D eigenvalue weighted by Gasteiger charge is -2.29. The van der Waals surface area contributed by atoms with Crippen LogP contribution in [0.25, 0.3) is 0 Å². The highest BCUT2D eigenvalue weighted by molar-refractivity contribution is 5.15. The summed E-state index contributed by atoms with van der Waals surface area (Å²) in [5.41, 5.74) is 2.29. The summed E-state index contributed by atoms with van der Waals surface area (Å²) in [6.45, 7) is 5.13. The third-order valence-electron chi connectivity index (χ3n) is 3.30. The molecule has 1 N–H and O–H groups in total. The van der Waals surface area contributed by atoms with Crippen molar-refractivity contribution in [1.29, 1.82) is 0 Å². The molecule has 1 unspecified atom stereocenters. The smallest absolute Gasteiger partial charge is 0.142 e. The third-order valence-corrected chi connectivity index (χ3v) is 3.30. The Hall–Kier alpha value is -1.00. The fraction of sp³-hybridized carbons (Fsp3) is 0.692. The molecule has 1 aromatic heterocycles. The van der Waals surface area contributed by atoms with Gasteiger partial charge in [-0.05, 0) is 46.5 Å². The van der Waals surface area contributed by atoms with Crippen LogP contribution in [-0.4, -0.2) is 42.1 Å². The summed E-state index contributed by atoms with van der Waals surface area (Å²) in [7, 11) is 4.12. The van der Waals surface area contributed by atoms with Crippen LogP contribution in [0.3, 0.4) is 0 Å². The van der Waals surface area contributed by atoms with Gasteiger partial charge in [0.1, 0.15) is 5.82 Å². The van der Waals surface area contributed by atoms with Crippen LogP contribution in [0.5, 0.6) is 0 Å². The first kappa shape index (κ1) is 12.5. The second-order valence-electron chi connectivity index (χ2n) is 4.98. The number of likely N-dealkylation sites (tertiary alicyclic amines) is 1. The van der Waals surface area contributed by atoms with E-state index in [2.05, 4.69) is 40.2 Å². The molecule has 1 fully saturated rings. The number of hydrogen-bond acceptors (Lipinski definition) is 4. The fourth-order valence-corrected chi connectivity index (χ4v) is 2.51. The van der Waals surface area contributed by atoms with Crippen LogP contribution in [0.4, 0.5) is 0 Å². The SMILES string of the molecule is CNCc1nc(C)cc(C2CCCN(C)C2)n1. The zero-order chi connectivity index (χ0) is 12.3. The maximum Gasteiger partial charge on any atom is 0.142 e. The van der Waals surface area contributed by atoms with Crippen LogP contribution < -0.4 is 5.32 Å². The Morgan fingerprint density at radius 2 is 2.29 bits per heavy atom. The van der Waals surface area contributed by atoms with E-state index in [1.165, 1.54) is 25.1 Å². The van der Waals surface area contributed by atoms with E-state index in [0.717, 1.165) is 24.6 Å². The lowest BCUT2D eigenvalue weighted by atomic mass is 9.94. The first-order valence-corrected chi connectivity index (χ1v) is 6.36. The van der Waals surface area contributed by atoms with Crippen molar-refractivity contribution < 1.29 is 0 Å². The molecule has 0 saturated carbocycles. The Bertz CT molecular complexity index is 378. The number of nitrogens with one attached hydrogen (secondary N) is 1. The minimum absolute atomic E-state index is 0.575. The van der Waals surface area contributed by atoms with E-state index in [9.17, 15) is 0 Å². The molecular weight excluding hydrogens is 212 g/mol. The van der Waals surface area contributed by atoms with Crippen molar-refractivity contribution >= 4 is 0 Å². The highest BCUT2D eigenvalue weighted by atomic mass is 15.1. The molecule has 1 aliphatic heterocycles. The molecule has 4 heteroatoms. The van der Waals surface area contributed by atoms with Gasteiger partial charge in [-0.1, -0.05) is 0 Å². The molecule has 0 amide bonds. The Kier molecular flexibility index (Phi) is 4.07. The summed E-state index contributed by atoms with van der Waals surface area (Å²) in [4.78, 5) is 11.5. The van der Waals surface area contributed by atoms with Crippen LogP contribution in [-0.2, 0) is 6.54 Å². The van der Waals surface area contributed by atoms with Gasteiger partial charge in [0.25, 0.3) is 0 Å². The molecular formula is C13H22N4. The largest absolute Gasteiger partial charge is 0.313 e. The zero-order valence-electron chi connectivity index (χ0n) is 11.0. The second-order valence-corrected chi connectivity index (χ2v) is 4.98. The van der Waals surface area contributed by atoms with E-state index >= 15 is 0 Å². The minimum atomic E-state index is 0.575. The van der Waals surface area contributed by atoms with Gasteiger partial charge in [-0.2, -0.15) is 0 Å². The molecule has 0 aromatic carbocycles. The predicted molar refractivity (Wildman–Crippen MR) is 69.0 cm³/mol. The first-order chi connectivity index (χ1) is 8.19. The summed E-state index contributed by atoms with van der Waals surface area (Å²) in [6.07, 6.45) is 2.52. The average molecular weight is 234 g/mol. The molecule has 94 valence electrons. The second kappa shape index (κ2) is 5.56.